The first-order chi connectivity index (χ1) is 11.3. The van der Waals surface area contributed by atoms with Gasteiger partial charge in [-0.15, -0.1) is 0 Å². The van der Waals surface area contributed by atoms with Crippen molar-refractivity contribution in [1.82, 2.24) is 0 Å². The summed E-state index contributed by atoms with van der Waals surface area (Å²) in [6.45, 7) is 6.69. The summed E-state index contributed by atoms with van der Waals surface area (Å²) in [5.41, 5.74) is -0.108. The van der Waals surface area contributed by atoms with Gasteiger partial charge in [0.1, 0.15) is 0 Å². The Bertz CT molecular complexity index is 244. The fraction of sp³-hybridized carbons (Fsp3) is 1.00. The van der Waals surface area contributed by atoms with Crippen molar-refractivity contribution in [2.24, 2.45) is 5.41 Å². The van der Waals surface area contributed by atoms with Gasteiger partial charge in [0.15, 0.2) is 0 Å². The average molecular weight is 329 g/mol. The summed E-state index contributed by atoms with van der Waals surface area (Å²) in [6, 6.07) is 0. The van der Waals surface area contributed by atoms with Crippen LogP contribution in [0.3, 0.4) is 0 Å². The van der Waals surface area contributed by atoms with E-state index in [0.29, 0.717) is 25.9 Å². The third kappa shape index (κ3) is 9.07. The van der Waals surface area contributed by atoms with Crippen LogP contribution in [0.1, 0.15) is 90.9 Å². The molecule has 0 unspecified atom stereocenters. The lowest BCUT2D eigenvalue weighted by molar-refractivity contribution is -0.178. The lowest BCUT2D eigenvalue weighted by atomic mass is 9.88. The van der Waals surface area contributed by atoms with E-state index in [4.69, 9.17) is 9.47 Å². The van der Waals surface area contributed by atoms with Crippen molar-refractivity contribution in [2.75, 3.05) is 26.4 Å². The van der Waals surface area contributed by atoms with Gasteiger partial charge in [0.05, 0.1) is 37.9 Å². The SMILES string of the molecule is CCCCCCCC(CCCCCCC)OCC1(CO)COC1. The minimum Gasteiger partial charge on any atom is -0.396 e. The standard InChI is InChI=1S/C20H40O3/c1-3-5-7-9-11-13-19(14-12-10-8-6-4-2)23-18-20(15-21)16-22-17-20/h19,21H,3-18H2,1-2H3. The van der Waals surface area contributed by atoms with Gasteiger partial charge in [-0.25, -0.2) is 0 Å². The van der Waals surface area contributed by atoms with E-state index >= 15 is 0 Å². The molecule has 1 rings (SSSR count). The van der Waals surface area contributed by atoms with Gasteiger partial charge in [-0.05, 0) is 12.8 Å². The van der Waals surface area contributed by atoms with E-state index < -0.39 is 0 Å². The van der Waals surface area contributed by atoms with Gasteiger partial charge in [0.2, 0.25) is 0 Å². The van der Waals surface area contributed by atoms with Crippen LogP contribution in [0.2, 0.25) is 0 Å². The van der Waals surface area contributed by atoms with E-state index in [2.05, 4.69) is 13.8 Å². The van der Waals surface area contributed by atoms with Crippen LogP contribution in [0, 0.1) is 5.41 Å². The Morgan fingerprint density at radius 1 is 0.870 bits per heavy atom. The van der Waals surface area contributed by atoms with Crippen LogP contribution in [0.5, 0.6) is 0 Å². The zero-order valence-corrected chi connectivity index (χ0v) is 15.7. The van der Waals surface area contributed by atoms with Crippen LogP contribution in [-0.4, -0.2) is 37.6 Å². The number of rotatable bonds is 16. The van der Waals surface area contributed by atoms with E-state index in [1.165, 1.54) is 77.0 Å². The van der Waals surface area contributed by atoms with Crippen molar-refractivity contribution in [3.63, 3.8) is 0 Å². The second-order valence-electron chi connectivity index (χ2n) is 7.49. The number of aliphatic hydroxyl groups is 1. The minimum absolute atomic E-state index is 0.108. The highest BCUT2D eigenvalue weighted by Crippen LogP contribution is 2.28. The molecule has 0 spiro atoms. The summed E-state index contributed by atoms with van der Waals surface area (Å²) in [5.74, 6) is 0. The summed E-state index contributed by atoms with van der Waals surface area (Å²) in [7, 11) is 0. The zero-order chi connectivity index (χ0) is 16.8. The largest absolute Gasteiger partial charge is 0.396 e. The summed E-state index contributed by atoms with van der Waals surface area (Å²) in [4.78, 5) is 0. The molecule has 23 heavy (non-hydrogen) atoms. The number of ether oxygens (including phenoxy) is 2. The average Bonchev–Trinajstić information content (AvgIpc) is 2.53. The molecular formula is C20H40O3. The second kappa shape index (κ2) is 13.2. The quantitative estimate of drug-likeness (QED) is 0.401. The molecule has 0 saturated carbocycles. The highest BCUT2D eigenvalue weighted by molar-refractivity contribution is 4.85. The monoisotopic (exact) mass is 328 g/mol. The van der Waals surface area contributed by atoms with Gasteiger partial charge in [0, 0.05) is 0 Å². The molecule has 0 radical (unpaired) electrons. The molecule has 0 aromatic heterocycles. The van der Waals surface area contributed by atoms with Crippen LogP contribution >= 0.6 is 0 Å². The van der Waals surface area contributed by atoms with Gasteiger partial charge in [-0.3, -0.25) is 0 Å². The molecule has 0 aromatic carbocycles. The predicted octanol–water partition coefficient (Wildman–Crippen LogP) is 5.10. The lowest BCUT2D eigenvalue weighted by Crippen LogP contribution is -2.49. The highest BCUT2D eigenvalue weighted by atomic mass is 16.5. The van der Waals surface area contributed by atoms with E-state index in [9.17, 15) is 5.11 Å². The molecular weight excluding hydrogens is 288 g/mol. The lowest BCUT2D eigenvalue weighted by Gasteiger charge is -2.40. The fourth-order valence-corrected chi connectivity index (χ4v) is 3.17. The van der Waals surface area contributed by atoms with E-state index in [1.807, 2.05) is 0 Å². The maximum Gasteiger partial charge on any atom is 0.0635 e. The van der Waals surface area contributed by atoms with Crippen LogP contribution in [0.4, 0.5) is 0 Å². The molecule has 1 aliphatic heterocycles. The Labute approximate surface area is 144 Å². The number of unbranched alkanes of at least 4 members (excludes halogenated alkanes) is 8. The van der Waals surface area contributed by atoms with Crippen LogP contribution in [-0.2, 0) is 9.47 Å². The van der Waals surface area contributed by atoms with Crippen LogP contribution < -0.4 is 0 Å². The first-order valence-corrected chi connectivity index (χ1v) is 10.1. The molecule has 1 heterocycles. The predicted molar refractivity (Wildman–Crippen MR) is 96.8 cm³/mol. The Balaban J connectivity index is 2.22. The van der Waals surface area contributed by atoms with Crippen LogP contribution in [0.25, 0.3) is 0 Å². The summed E-state index contributed by atoms with van der Waals surface area (Å²) in [5, 5.41) is 9.54. The zero-order valence-electron chi connectivity index (χ0n) is 15.7. The van der Waals surface area contributed by atoms with Crippen molar-refractivity contribution < 1.29 is 14.6 Å². The van der Waals surface area contributed by atoms with E-state index in [0.717, 1.165) is 0 Å². The number of hydrogen-bond acceptors (Lipinski definition) is 3. The van der Waals surface area contributed by atoms with E-state index in [-0.39, 0.29) is 12.0 Å². The van der Waals surface area contributed by atoms with Crippen molar-refractivity contribution in [3.8, 4) is 0 Å². The molecule has 1 fully saturated rings. The normalized spacial score (nSPS) is 16.7. The van der Waals surface area contributed by atoms with Gasteiger partial charge in [-0.1, -0.05) is 78.1 Å². The molecule has 0 aromatic rings. The fourth-order valence-electron chi connectivity index (χ4n) is 3.17. The van der Waals surface area contributed by atoms with Crippen molar-refractivity contribution in [2.45, 2.75) is 97.0 Å². The van der Waals surface area contributed by atoms with Crippen molar-refractivity contribution in [3.05, 3.63) is 0 Å². The summed E-state index contributed by atoms with van der Waals surface area (Å²) in [6.07, 6.45) is 16.0. The first kappa shape index (κ1) is 20.9. The van der Waals surface area contributed by atoms with Gasteiger partial charge in [0.25, 0.3) is 0 Å². The Morgan fingerprint density at radius 3 is 1.78 bits per heavy atom. The molecule has 1 aliphatic rings. The summed E-state index contributed by atoms with van der Waals surface area (Å²) >= 11 is 0. The minimum atomic E-state index is -0.108. The molecule has 0 bridgehead atoms. The Kier molecular flexibility index (Phi) is 12.0. The molecule has 138 valence electrons. The van der Waals surface area contributed by atoms with Gasteiger partial charge in [-0.2, -0.15) is 0 Å². The summed E-state index contributed by atoms with van der Waals surface area (Å²) < 4.78 is 11.5. The van der Waals surface area contributed by atoms with Crippen molar-refractivity contribution >= 4 is 0 Å². The highest BCUT2D eigenvalue weighted by Gasteiger charge is 2.38. The van der Waals surface area contributed by atoms with Crippen molar-refractivity contribution in [1.29, 1.82) is 0 Å². The molecule has 0 atom stereocenters. The third-order valence-electron chi connectivity index (χ3n) is 5.04. The molecule has 3 nitrogen and oxygen atoms in total. The Morgan fingerprint density at radius 2 is 1.39 bits per heavy atom. The third-order valence-corrected chi connectivity index (χ3v) is 5.04. The molecule has 3 heteroatoms. The molecule has 1 N–H and O–H groups in total. The Hall–Kier alpha value is -0.120. The number of hydrogen-bond donors (Lipinski definition) is 1. The van der Waals surface area contributed by atoms with Crippen LogP contribution in [0.15, 0.2) is 0 Å². The smallest absolute Gasteiger partial charge is 0.0635 e. The molecule has 0 amide bonds. The van der Waals surface area contributed by atoms with Gasteiger partial charge < -0.3 is 14.6 Å². The maximum atomic E-state index is 9.54. The molecule has 0 aliphatic carbocycles. The first-order valence-electron chi connectivity index (χ1n) is 10.1. The molecule has 1 saturated heterocycles. The maximum absolute atomic E-state index is 9.54. The number of aliphatic hydroxyl groups excluding tert-OH is 1. The second-order valence-corrected chi connectivity index (χ2v) is 7.49. The van der Waals surface area contributed by atoms with E-state index in [1.54, 1.807) is 0 Å². The topological polar surface area (TPSA) is 38.7 Å². The van der Waals surface area contributed by atoms with Gasteiger partial charge >= 0.3 is 0 Å².